The van der Waals surface area contributed by atoms with Crippen LogP contribution in [0, 0.1) is 0 Å². The van der Waals surface area contributed by atoms with E-state index in [1.807, 2.05) is 30.5 Å². The number of rotatable bonds is 6. The van der Waals surface area contributed by atoms with E-state index in [9.17, 15) is 4.79 Å². The highest BCUT2D eigenvalue weighted by Gasteiger charge is 2.09. The average Bonchev–Trinajstić information content (AvgIpc) is 3.05. The average molecular weight is 416 g/mol. The van der Waals surface area contributed by atoms with Gasteiger partial charge in [-0.3, -0.25) is 4.79 Å². The Balaban J connectivity index is 1.67. The Labute approximate surface area is 159 Å². The van der Waals surface area contributed by atoms with Gasteiger partial charge in [-0.15, -0.1) is 0 Å². The molecule has 0 saturated carbocycles. The number of fused-ring (bicyclic) bond motifs is 1. The molecule has 7 heteroatoms. The van der Waals surface area contributed by atoms with Crippen LogP contribution in [-0.2, 0) is 11.2 Å². The SMILES string of the molecule is COc1cc(Br)c(/C=N/NC(=O)Cc2c[nH]c3ccccc23)cc1OC. The number of ether oxygens (including phenoxy) is 2. The Hall–Kier alpha value is -2.80. The number of methoxy groups -OCH3 is 2. The summed E-state index contributed by atoms with van der Waals surface area (Å²) in [5.41, 5.74) is 5.25. The molecule has 134 valence electrons. The van der Waals surface area contributed by atoms with Gasteiger partial charge < -0.3 is 14.5 Å². The van der Waals surface area contributed by atoms with Crippen LogP contribution in [0.3, 0.4) is 0 Å². The molecule has 26 heavy (non-hydrogen) atoms. The molecule has 0 bridgehead atoms. The van der Waals surface area contributed by atoms with Crippen LogP contribution >= 0.6 is 15.9 Å². The van der Waals surface area contributed by atoms with Gasteiger partial charge in [0.05, 0.1) is 26.9 Å². The van der Waals surface area contributed by atoms with Gasteiger partial charge in [0, 0.05) is 27.1 Å². The Morgan fingerprint density at radius 2 is 1.96 bits per heavy atom. The maximum absolute atomic E-state index is 12.2. The normalized spacial score (nSPS) is 11.0. The van der Waals surface area contributed by atoms with Crippen molar-refractivity contribution in [3.05, 3.63) is 58.2 Å². The third-order valence-corrected chi connectivity index (χ3v) is 4.61. The zero-order valence-corrected chi connectivity index (χ0v) is 16.0. The van der Waals surface area contributed by atoms with Crippen molar-refractivity contribution >= 4 is 39.0 Å². The molecule has 3 rings (SSSR count). The van der Waals surface area contributed by atoms with Crippen LogP contribution in [0.4, 0.5) is 0 Å². The number of benzene rings is 2. The first-order valence-electron chi connectivity index (χ1n) is 7.90. The van der Waals surface area contributed by atoms with Gasteiger partial charge in [-0.05, 0) is 39.7 Å². The summed E-state index contributed by atoms with van der Waals surface area (Å²) in [7, 11) is 3.14. The van der Waals surface area contributed by atoms with E-state index in [4.69, 9.17) is 9.47 Å². The molecule has 2 N–H and O–H groups in total. The van der Waals surface area contributed by atoms with Crippen LogP contribution in [0.2, 0.25) is 0 Å². The summed E-state index contributed by atoms with van der Waals surface area (Å²) in [6.07, 6.45) is 3.65. The number of nitrogens with zero attached hydrogens (tertiary/aromatic N) is 1. The Morgan fingerprint density at radius 1 is 1.23 bits per heavy atom. The third kappa shape index (κ3) is 3.88. The number of hydrogen-bond acceptors (Lipinski definition) is 4. The molecule has 3 aromatic rings. The highest BCUT2D eigenvalue weighted by Crippen LogP contribution is 2.32. The number of halogens is 1. The minimum absolute atomic E-state index is 0.192. The van der Waals surface area contributed by atoms with Crippen molar-refractivity contribution < 1.29 is 14.3 Å². The number of carbonyl (C=O) groups excluding carboxylic acids is 1. The molecule has 0 spiro atoms. The lowest BCUT2D eigenvalue weighted by molar-refractivity contribution is -0.120. The highest BCUT2D eigenvalue weighted by atomic mass is 79.9. The molecule has 0 saturated heterocycles. The Bertz CT molecular complexity index is 966. The first kappa shape index (κ1) is 18.0. The van der Waals surface area contributed by atoms with Gasteiger partial charge in [-0.25, -0.2) is 5.43 Å². The number of hydrogen-bond donors (Lipinski definition) is 2. The number of nitrogens with one attached hydrogen (secondary N) is 2. The highest BCUT2D eigenvalue weighted by molar-refractivity contribution is 9.10. The summed E-state index contributed by atoms with van der Waals surface area (Å²) < 4.78 is 11.3. The zero-order valence-electron chi connectivity index (χ0n) is 14.4. The quantitative estimate of drug-likeness (QED) is 0.476. The second-order valence-electron chi connectivity index (χ2n) is 5.56. The fraction of sp³-hybridized carbons (Fsp3) is 0.158. The van der Waals surface area contributed by atoms with Crippen molar-refractivity contribution in [2.45, 2.75) is 6.42 Å². The van der Waals surface area contributed by atoms with Crippen LogP contribution in [0.5, 0.6) is 11.5 Å². The van der Waals surface area contributed by atoms with E-state index in [-0.39, 0.29) is 12.3 Å². The lowest BCUT2D eigenvalue weighted by Crippen LogP contribution is -2.19. The first-order chi connectivity index (χ1) is 12.6. The van der Waals surface area contributed by atoms with Crippen LogP contribution in [0.15, 0.2) is 52.2 Å². The number of H-pyrrole nitrogens is 1. The van der Waals surface area contributed by atoms with Crippen LogP contribution in [-0.4, -0.2) is 31.3 Å². The van der Waals surface area contributed by atoms with E-state index in [1.165, 1.54) is 0 Å². The molecular formula is C19H18BrN3O3. The van der Waals surface area contributed by atoms with Crippen LogP contribution < -0.4 is 14.9 Å². The fourth-order valence-electron chi connectivity index (χ4n) is 2.63. The molecule has 1 heterocycles. The number of amides is 1. The lowest BCUT2D eigenvalue weighted by atomic mass is 10.1. The third-order valence-electron chi connectivity index (χ3n) is 3.92. The van der Waals surface area contributed by atoms with Crippen LogP contribution in [0.1, 0.15) is 11.1 Å². The van der Waals surface area contributed by atoms with Crippen molar-refractivity contribution in [1.29, 1.82) is 0 Å². The topological polar surface area (TPSA) is 75.7 Å². The summed E-state index contributed by atoms with van der Waals surface area (Å²) in [6.45, 7) is 0. The maximum Gasteiger partial charge on any atom is 0.244 e. The van der Waals surface area contributed by atoms with E-state index >= 15 is 0 Å². The maximum atomic E-state index is 12.2. The smallest absolute Gasteiger partial charge is 0.244 e. The molecule has 1 aromatic heterocycles. The number of aromatic nitrogens is 1. The molecule has 1 amide bonds. The molecular weight excluding hydrogens is 398 g/mol. The van der Waals surface area contributed by atoms with Crippen molar-refractivity contribution in [2.75, 3.05) is 14.2 Å². The molecule has 0 aliphatic carbocycles. The molecule has 0 radical (unpaired) electrons. The monoisotopic (exact) mass is 415 g/mol. The second-order valence-corrected chi connectivity index (χ2v) is 6.41. The minimum Gasteiger partial charge on any atom is -0.493 e. The van der Waals surface area contributed by atoms with Gasteiger partial charge >= 0.3 is 0 Å². The summed E-state index contributed by atoms with van der Waals surface area (Å²) in [5, 5.41) is 5.07. The summed E-state index contributed by atoms with van der Waals surface area (Å²) in [6, 6.07) is 11.4. The lowest BCUT2D eigenvalue weighted by Gasteiger charge is -2.09. The van der Waals surface area contributed by atoms with Crippen molar-refractivity contribution in [3.8, 4) is 11.5 Å². The Morgan fingerprint density at radius 3 is 2.73 bits per heavy atom. The van der Waals surface area contributed by atoms with Gasteiger partial charge in [0.1, 0.15) is 0 Å². The molecule has 0 atom stereocenters. The predicted octanol–water partition coefficient (Wildman–Crippen LogP) is 3.64. The van der Waals surface area contributed by atoms with E-state index in [0.717, 1.165) is 26.5 Å². The molecule has 0 fully saturated rings. The van der Waals surface area contributed by atoms with Crippen molar-refractivity contribution in [2.24, 2.45) is 5.10 Å². The van der Waals surface area contributed by atoms with Gasteiger partial charge in [-0.2, -0.15) is 5.10 Å². The van der Waals surface area contributed by atoms with E-state index in [1.54, 1.807) is 32.6 Å². The van der Waals surface area contributed by atoms with Gasteiger partial charge in [0.15, 0.2) is 11.5 Å². The summed E-state index contributed by atoms with van der Waals surface area (Å²) in [4.78, 5) is 15.3. The molecule has 2 aromatic carbocycles. The zero-order chi connectivity index (χ0) is 18.5. The Kier molecular flexibility index (Phi) is 5.58. The molecule has 0 unspecified atom stereocenters. The van der Waals surface area contributed by atoms with Gasteiger partial charge in [-0.1, -0.05) is 18.2 Å². The fourth-order valence-corrected chi connectivity index (χ4v) is 3.06. The minimum atomic E-state index is -0.192. The largest absolute Gasteiger partial charge is 0.493 e. The van der Waals surface area contributed by atoms with E-state index < -0.39 is 0 Å². The van der Waals surface area contributed by atoms with Crippen LogP contribution in [0.25, 0.3) is 10.9 Å². The number of aromatic amines is 1. The first-order valence-corrected chi connectivity index (χ1v) is 8.70. The van der Waals surface area contributed by atoms with E-state index in [0.29, 0.717) is 11.5 Å². The molecule has 0 aliphatic rings. The van der Waals surface area contributed by atoms with Gasteiger partial charge in [0.2, 0.25) is 5.91 Å². The second kappa shape index (κ2) is 8.05. The van der Waals surface area contributed by atoms with Gasteiger partial charge in [0.25, 0.3) is 0 Å². The number of para-hydroxylation sites is 1. The van der Waals surface area contributed by atoms with Crippen molar-refractivity contribution in [1.82, 2.24) is 10.4 Å². The summed E-state index contributed by atoms with van der Waals surface area (Å²) in [5.74, 6) is 1.00. The van der Waals surface area contributed by atoms with E-state index in [2.05, 4.69) is 31.4 Å². The number of carbonyl (C=O) groups is 1. The molecule has 0 aliphatic heterocycles. The predicted molar refractivity (Wildman–Crippen MR) is 105 cm³/mol. The standard InChI is InChI=1S/C19H18BrN3O3/c1-25-17-7-13(15(20)9-18(17)26-2)11-22-23-19(24)8-12-10-21-16-6-4-3-5-14(12)16/h3-7,9-11,21H,8H2,1-2H3,(H,23,24)/b22-11+. The molecule has 6 nitrogen and oxygen atoms in total. The number of hydrazone groups is 1. The van der Waals surface area contributed by atoms with Crippen molar-refractivity contribution in [3.63, 3.8) is 0 Å². The summed E-state index contributed by atoms with van der Waals surface area (Å²) >= 11 is 3.45.